The monoisotopic (exact) mass is 218 g/mol. The summed E-state index contributed by atoms with van der Waals surface area (Å²) in [7, 11) is 0. The summed E-state index contributed by atoms with van der Waals surface area (Å²) in [5.41, 5.74) is 1.46. The number of rotatable bonds is 4. The quantitative estimate of drug-likeness (QED) is 0.836. The van der Waals surface area contributed by atoms with E-state index in [4.69, 9.17) is 0 Å². The van der Waals surface area contributed by atoms with Crippen molar-refractivity contribution < 1.29 is 5.11 Å². The molecule has 2 heterocycles. The molecule has 2 aromatic heterocycles. The summed E-state index contributed by atoms with van der Waals surface area (Å²) in [4.78, 5) is 7.78. The molecule has 0 saturated carbocycles. The molecule has 0 aromatic carbocycles. The first-order valence-electron chi connectivity index (χ1n) is 5.27. The number of aryl methyl sites for hydroxylation is 1. The van der Waals surface area contributed by atoms with E-state index in [1.807, 2.05) is 6.07 Å². The molecule has 0 bridgehead atoms. The lowest BCUT2D eigenvalue weighted by atomic mass is 10.1. The maximum absolute atomic E-state index is 10.1. The van der Waals surface area contributed by atoms with Crippen molar-refractivity contribution in [3.63, 3.8) is 0 Å². The molecule has 0 aliphatic rings. The van der Waals surface area contributed by atoms with E-state index in [9.17, 15) is 5.11 Å². The molecule has 0 amide bonds. The van der Waals surface area contributed by atoms with Gasteiger partial charge in [0.25, 0.3) is 0 Å². The average molecular weight is 218 g/mol. The van der Waals surface area contributed by atoms with Gasteiger partial charge in [-0.15, -0.1) is 0 Å². The maximum atomic E-state index is 10.1. The Kier molecular flexibility index (Phi) is 3.26. The Labute approximate surface area is 93.8 Å². The normalized spacial score (nSPS) is 12.6. The van der Waals surface area contributed by atoms with Crippen molar-refractivity contribution in [1.82, 2.24) is 19.7 Å². The van der Waals surface area contributed by atoms with E-state index in [0.717, 1.165) is 18.7 Å². The fourth-order valence-electron chi connectivity index (χ4n) is 1.60. The molecule has 0 saturated heterocycles. The summed E-state index contributed by atoms with van der Waals surface area (Å²) in [6.07, 6.45) is 6.63. The first-order chi connectivity index (χ1) is 7.83. The van der Waals surface area contributed by atoms with Crippen LogP contribution >= 0.6 is 0 Å². The van der Waals surface area contributed by atoms with Crippen LogP contribution in [-0.2, 0) is 6.54 Å². The topological polar surface area (TPSA) is 63.8 Å². The van der Waals surface area contributed by atoms with Crippen LogP contribution < -0.4 is 0 Å². The molecular weight excluding hydrogens is 204 g/mol. The van der Waals surface area contributed by atoms with E-state index in [-0.39, 0.29) is 0 Å². The standard InChI is InChI=1S/C11H14N4O/c1-2-5-15-10(3-4-14-15)11(16)9-6-12-8-13-7-9/h3-4,6-8,11,16H,2,5H2,1H3. The molecule has 0 radical (unpaired) electrons. The Hall–Kier alpha value is -1.75. The van der Waals surface area contributed by atoms with Gasteiger partial charge in [-0.1, -0.05) is 6.92 Å². The predicted molar refractivity (Wildman–Crippen MR) is 58.6 cm³/mol. The highest BCUT2D eigenvalue weighted by Gasteiger charge is 2.15. The van der Waals surface area contributed by atoms with Crippen LogP contribution in [0.3, 0.4) is 0 Å². The van der Waals surface area contributed by atoms with Crippen LogP contribution in [0.1, 0.15) is 30.7 Å². The molecule has 2 aromatic rings. The summed E-state index contributed by atoms with van der Waals surface area (Å²) in [6.45, 7) is 2.87. The van der Waals surface area contributed by atoms with Crippen LogP contribution in [0.15, 0.2) is 31.0 Å². The van der Waals surface area contributed by atoms with Gasteiger partial charge in [-0.2, -0.15) is 5.10 Å². The minimum atomic E-state index is -0.713. The number of aliphatic hydroxyl groups excluding tert-OH is 1. The van der Waals surface area contributed by atoms with E-state index in [1.54, 1.807) is 23.3 Å². The lowest BCUT2D eigenvalue weighted by Crippen LogP contribution is -2.10. The Balaban J connectivity index is 2.27. The van der Waals surface area contributed by atoms with Gasteiger partial charge in [0.2, 0.25) is 0 Å². The SMILES string of the molecule is CCCn1nccc1C(O)c1cncnc1. The molecule has 5 heteroatoms. The summed E-state index contributed by atoms with van der Waals surface area (Å²) in [5.74, 6) is 0. The van der Waals surface area contributed by atoms with Crippen LogP contribution in [0.2, 0.25) is 0 Å². The van der Waals surface area contributed by atoms with E-state index in [2.05, 4.69) is 22.0 Å². The van der Waals surface area contributed by atoms with Gasteiger partial charge in [0, 0.05) is 30.7 Å². The van der Waals surface area contributed by atoms with Crippen LogP contribution in [0.5, 0.6) is 0 Å². The Morgan fingerprint density at radius 1 is 1.38 bits per heavy atom. The Morgan fingerprint density at radius 2 is 2.12 bits per heavy atom. The molecule has 1 N–H and O–H groups in total. The van der Waals surface area contributed by atoms with Gasteiger partial charge in [0.15, 0.2) is 0 Å². The molecule has 1 unspecified atom stereocenters. The van der Waals surface area contributed by atoms with Crippen LogP contribution in [0, 0.1) is 0 Å². The molecule has 16 heavy (non-hydrogen) atoms. The van der Waals surface area contributed by atoms with Crippen molar-refractivity contribution >= 4 is 0 Å². The van der Waals surface area contributed by atoms with E-state index < -0.39 is 6.10 Å². The largest absolute Gasteiger partial charge is 0.382 e. The number of hydrogen-bond acceptors (Lipinski definition) is 4. The zero-order valence-corrected chi connectivity index (χ0v) is 9.11. The molecule has 0 spiro atoms. The zero-order chi connectivity index (χ0) is 11.4. The highest BCUT2D eigenvalue weighted by atomic mass is 16.3. The van der Waals surface area contributed by atoms with Crippen molar-refractivity contribution in [3.05, 3.63) is 42.2 Å². The van der Waals surface area contributed by atoms with Crippen molar-refractivity contribution in [3.8, 4) is 0 Å². The maximum Gasteiger partial charge on any atom is 0.124 e. The smallest absolute Gasteiger partial charge is 0.124 e. The number of hydrogen-bond donors (Lipinski definition) is 1. The molecule has 5 nitrogen and oxygen atoms in total. The van der Waals surface area contributed by atoms with E-state index >= 15 is 0 Å². The first-order valence-corrected chi connectivity index (χ1v) is 5.27. The summed E-state index contributed by atoms with van der Waals surface area (Å²) < 4.78 is 1.80. The zero-order valence-electron chi connectivity index (χ0n) is 9.11. The second-order valence-corrected chi connectivity index (χ2v) is 3.55. The lowest BCUT2D eigenvalue weighted by Gasteiger charge is -2.12. The van der Waals surface area contributed by atoms with Crippen molar-refractivity contribution in [2.24, 2.45) is 0 Å². The molecule has 1 atom stereocenters. The van der Waals surface area contributed by atoms with E-state index in [0.29, 0.717) is 5.56 Å². The second kappa shape index (κ2) is 4.85. The lowest BCUT2D eigenvalue weighted by molar-refractivity contribution is 0.206. The number of aliphatic hydroxyl groups is 1. The molecule has 2 rings (SSSR count). The fraction of sp³-hybridized carbons (Fsp3) is 0.364. The summed E-state index contributed by atoms with van der Waals surface area (Å²) >= 11 is 0. The van der Waals surface area contributed by atoms with Crippen molar-refractivity contribution in [1.29, 1.82) is 0 Å². The molecule has 0 aliphatic carbocycles. The van der Waals surface area contributed by atoms with Crippen LogP contribution in [-0.4, -0.2) is 24.9 Å². The minimum Gasteiger partial charge on any atom is -0.382 e. The predicted octanol–water partition coefficient (Wildman–Crippen LogP) is 1.16. The van der Waals surface area contributed by atoms with Gasteiger partial charge in [0.05, 0.1) is 5.69 Å². The fourth-order valence-corrected chi connectivity index (χ4v) is 1.60. The highest BCUT2D eigenvalue weighted by molar-refractivity contribution is 5.19. The van der Waals surface area contributed by atoms with Gasteiger partial charge in [-0.25, -0.2) is 9.97 Å². The number of nitrogens with zero attached hydrogens (tertiary/aromatic N) is 4. The molecular formula is C11H14N4O. The second-order valence-electron chi connectivity index (χ2n) is 3.55. The van der Waals surface area contributed by atoms with Crippen molar-refractivity contribution in [2.45, 2.75) is 26.0 Å². The Bertz CT molecular complexity index is 440. The van der Waals surface area contributed by atoms with Gasteiger partial charge in [0.1, 0.15) is 12.4 Å². The third kappa shape index (κ3) is 2.09. The summed E-state index contributed by atoms with van der Waals surface area (Å²) in [6, 6.07) is 1.81. The van der Waals surface area contributed by atoms with Crippen LogP contribution in [0.4, 0.5) is 0 Å². The van der Waals surface area contributed by atoms with Crippen LogP contribution in [0.25, 0.3) is 0 Å². The third-order valence-corrected chi connectivity index (χ3v) is 2.36. The third-order valence-electron chi connectivity index (χ3n) is 2.36. The van der Waals surface area contributed by atoms with Crippen molar-refractivity contribution in [2.75, 3.05) is 0 Å². The average Bonchev–Trinajstić information content (AvgIpc) is 2.78. The molecule has 84 valence electrons. The Morgan fingerprint density at radius 3 is 2.81 bits per heavy atom. The summed E-state index contributed by atoms with van der Waals surface area (Å²) in [5, 5.41) is 14.3. The number of aromatic nitrogens is 4. The first kappa shape index (κ1) is 10.8. The van der Waals surface area contributed by atoms with Gasteiger partial charge < -0.3 is 5.11 Å². The highest BCUT2D eigenvalue weighted by Crippen LogP contribution is 2.19. The minimum absolute atomic E-state index is 0.681. The van der Waals surface area contributed by atoms with E-state index in [1.165, 1.54) is 6.33 Å². The van der Waals surface area contributed by atoms with Gasteiger partial charge in [-0.3, -0.25) is 4.68 Å². The van der Waals surface area contributed by atoms with Gasteiger partial charge in [-0.05, 0) is 12.5 Å². The molecule has 0 fully saturated rings. The molecule has 0 aliphatic heterocycles. The van der Waals surface area contributed by atoms with Gasteiger partial charge >= 0.3 is 0 Å².